The highest BCUT2D eigenvalue weighted by Gasteiger charge is 2.30. The van der Waals surface area contributed by atoms with Crippen molar-refractivity contribution >= 4 is 27.4 Å². The monoisotopic (exact) mass is 343 g/mol. The second kappa shape index (κ2) is 5.28. The zero-order valence-corrected chi connectivity index (χ0v) is 11.6. The van der Waals surface area contributed by atoms with E-state index < -0.39 is 17.5 Å². The van der Waals surface area contributed by atoms with E-state index >= 15 is 0 Å². The number of hydrogen-bond donors (Lipinski definition) is 1. The molecular weight excluding hydrogens is 335 g/mol. The third-order valence-corrected chi connectivity index (χ3v) is 3.23. The predicted molar refractivity (Wildman–Crippen MR) is 73.4 cm³/mol. The molecule has 104 valence electrons. The van der Waals surface area contributed by atoms with Gasteiger partial charge in [-0.05, 0) is 30.3 Å². The summed E-state index contributed by atoms with van der Waals surface area (Å²) in [7, 11) is 0. The van der Waals surface area contributed by atoms with Crippen molar-refractivity contribution in [2.75, 3.05) is 5.73 Å². The third-order valence-electron chi connectivity index (χ3n) is 2.73. The molecule has 0 aliphatic heterocycles. The number of hydrogen-bond acceptors (Lipinski definition) is 2. The van der Waals surface area contributed by atoms with Gasteiger partial charge in [-0.3, -0.25) is 4.79 Å². The maximum absolute atomic E-state index is 12.4. The lowest BCUT2D eigenvalue weighted by Crippen LogP contribution is -2.08. The van der Waals surface area contributed by atoms with Gasteiger partial charge in [0.1, 0.15) is 0 Å². The summed E-state index contributed by atoms with van der Waals surface area (Å²) >= 11 is 3.22. The van der Waals surface area contributed by atoms with Gasteiger partial charge in [-0.1, -0.05) is 28.1 Å². The van der Waals surface area contributed by atoms with Gasteiger partial charge in [-0.2, -0.15) is 13.2 Å². The van der Waals surface area contributed by atoms with Crippen LogP contribution in [-0.4, -0.2) is 5.78 Å². The number of carbonyl (C=O) groups is 1. The molecule has 2 nitrogen and oxygen atoms in total. The topological polar surface area (TPSA) is 43.1 Å². The summed E-state index contributed by atoms with van der Waals surface area (Å²) in [6.45, 7) is 0. The van der Waals surface area contributed by atoms with Crippen LogP contribution in [0.4, 0.5) is 18.9 Å². The molecule has 0 heterocycles. The number of rotatable bonds is 2. The minimum absolute atomic E-state index is 0.159. The number of alkyl halides is 3. The van der Waals surface area contributed by atoms with E-state index in [0.29, 0.717) is 0 Å². The molecule has 6 heteroatoms. The Morgan fingerprint density at radius 3 is 2.15 bits per heavy atom. The lowest BCUT2D eigenvalue weighted by molar-refractivity contribution is -0.137. The molecule has 0 aliphatic carbocycles. The predicted octanol–water partition coefficient (Wildman–Crippen LogP) is 4.28. The van der Waals surface area contributed by atoms with Gasteiger partial charge >= 0.3 is 6.18 Å². The standard InChI is InChI=1S/C14H9BrF3NO/c15-10-5-6-11(12(19)7-10)13(20)8-1-3-9(4-2-8)14(16,17)18/h1-7H,19H2. The van der Waals surface area contributed by atoms with Crippen molar-refractivity contribution in [3.63, 3.8) is 0 Å². The van der Waals surface area contributed by atoms with Gasteiger partial charge in [-0.25, -0.2) is 0 Å². The van der Waals surface area contributed by atoms with Crippen molar-refractivity contribution in [3.8, 4) is 0 Å². The van der Waals surface area contributed by atoms with E-state index in [1.54, 1.807) is 12.1 Å². The van der Waals surface area contributed by atoms with Crippen LogP contribution >= 0.6 is 15.9 Å². The number of carbonyl (C=O) groups excluding carboxylic acids is 1. The van der Waals surface area contributed by atoms with Crippen LogP contribution in [-0.2, 0) is 6.18 Å². The summed E-state index contributed by atoms with van der Waals surface area (Å²) in [6.07, 6.45) is -4.42. The lowest BCUT2D eigenvalue weighted by atomic mass is 10.0. The highest BCUT2D eigenvalue weighted by atomic mass is 79.9. The molecule has 0 aromatic heterocycles. The van der Waals surface area contributed by atoms with Gasteiger partial charge < -0.3 is 5.73 Å². The first-order valence-electron chi connectivity index (χ1n) is 5.56. The normalized spacial score (nSPS) is 11.4. The molecule has 0 saturated heterocycles. The molecular formula is C14H9BrF3NO. The summed E-state index contributed by atoms with van der Waals surface area (Å²) in [6, 6.07) is 8.79. The van der Waals surface area contributed by atoms with E-state index in [2.05, 4.69) is 15.9 Å². The number of nitrogen functional groups attached to an aromatic ring is 1. The van der Waals surface area contributed by atoms with Crippen molar-refractivity contribution in [1.29, 1.82) is 0 Å². The maximum Gasteiger partial charge on any atom is 0.416 e. The van der Waals surface area contributed by atoms with Crippen LogP contribution in [0.5, 0.6) is 0 Å². The van der Waals surface area contributed by atoms with Crippen LogP contribution in [0.15, 0.2) is 46.9 Å². The van der Waals surface area contributed by atoms with E-state index in [-0.39, 0.29) is 16.8 Å². The summed E-state index contributed by atoms with van der Waals surface area (Å²) < 4.78 is 38.0. The van der Waals surface area contributed by atoms with Crippen LogP contribution in [0, 0.1) is 0 Å². The maximum atomic E-state index is 12.4. The third kappa shape index (κ3) is 3.01. The van der Waals surface area contributed by atoms with Gasteiger partial charge in [0.05, 0.1) is 5.56 Å². The average molecular weight is 344 g/mol. The fraction of sp³-hybridized carbons (Fsp3) is 0.0714. The van der Waals surface area contributed by atoms with E-state index in [1.165, 1.54) is 6.07 Å². The van der Waals surface area contributed by atoms with Crippen LogP contribution in [0.1, 0.15) is 21.5 Å². The Bertz CT molecular complexity index is 650. The number of benzene rings is 2. The van der Waals surface area contributed by atoms with Gasteiger partial charge in [0, 0.05) is 21.3 Å². The summed E-state index contributed by atoms with van der Waals surface area (Å²) in [4.78, 5) is 12.2. The SMILES string of the molecule is Nc1cc(Br)ccc1C(=O)c1ccc(C(F)(F)F)cc1. The first-order chi connectivity index (χ1) is 9.29. The molecule has 0 bridgehead atoms. The quantitative estimate of drug-likeness (QED) is 0.653. The van der Waals surface area contributed by atoms with Crippen LogP contribution in [0.2, 0.25) is 0 Å². The zero-order chi connectivity index (χ0) is 14.9. The second-order valence-electron chi connectivity index (χ2n) is 4.14. The number of ketones is 1. The number of nitrogens with two attached hydrogens (primary N) is 1. The largest absolute Gasteiger partial charge is 0.416 e. The smallest absolute Gasteiger partial charge is 0.398 e. The van der Waals surface area contributed by atoms with Gasteiger partial charge in [0.2, 0.25) is 0 Å². The molecule has 0 unspecified atom stereocenters. The molecule has 2 rings (SSSR count). The summed E-state index contributed by atoms with van der Waals surface area (Å²) in [5.41, 5.74) is 5.62. The van der Waals surface area contributed by atoms with Crippen molar-refractivity contribution in [2.45, 2.75) is 6.18 Å². The minimum Gasteiger partial charge on any atom is -0.398 e. The van der Waals surface area contributed by atoms with E-state index in [1.807, 2.05) is 0 Å². The molecule has 2 aromatic carbocycles. The van der Waals surface area contributed by atoms with Gasteiger partial charge in [0.15, 0.2) is 5.78 Å². The molecule has 0 aliphatic rings. The fourth-order valence-electron chi connectivity index (χ4n) is 1.71. The van der Waals surface area contributed by atoms with Crippen molar-refractivity contribution in [2.24, 2.45) is 0 Å². The lowest BCUT2D eigenvalue weighted by Gasteiger charge is -2.08. The second-order valence-corrected chi connectivity index (χ2v) is 5.05. The Labute approximate surface area is 121 Å². The average Bonchev–Trinajstić information content (AvgIpc) is 2.37. The highest BCUT2D eigenvalue weighted by Crippen LogP contribution is 2.29. The fourth-order valence-corrected chi connectivity index (χ4v) is 2.09. The van der Waals surface area contributed by atoms with Crippen LogP contribution < -0.4 is 5.73 Å². The Kier molecular flexibility index (Phi) is 3.85. The first-order valence-corrected chi connectivity index (χ1v) is 6.35. The molecule has 20 heavy (non-hydrogen) atoms. The molecule has 2 aromatic rings. The Hall–Kier alpha value is -1.82. The van der Waals surface area contributed by atoms with Crippen molar-refractivity contribution in [1.82, 2.24) is 0 Å². The first kappa shape index (κ1) is 14.6. The van der Waals surface area contributed by atoms with Crippen molar-refractivity contribution < 1.29 is 18.0 Å². The molecule has 0 amide bonds. The van der Waals surface area contributed by atoms with E-state index in [9.17, 15) is 18.0 Å². The number of anilines is 1. The molecule has 0 saturated carbocycles. The molecule has 2 N–H and O–H groups in total. The number of halogens is 4. The molecule has 0 spiro atoms. The van der Waals surface area contributed by atoms with Crippen LogP contribution in [0.25, 0.3) is 0 Å². The molecule has 0 radical (unpaired) electrons. The Morgan fingerprint density at radius 1 is 1.05 bits per heavy atom. The van der Waals surface area contributed by atoms with Gasteiger partial charge in [0.25, 0.3) is 0 Å². The minimum atomic E-state index is -4.42. The Morgan fingerprint density at radius 2 is 1.65 bits per heavy atom. The molecule has 0 atom stereocenters. The Balaban J connectivity index is 2.34. The zero-order valence-electron chi connectivity index (χ0n) is 10.0. The van der Waals surface area contributed by atoms with E-state index in [4.69, 9.17) is 5.73 Å². The summed E-state index contributed by atoms with van der Waals surface area (Å²) in [5.74, 6) is -0.413. The molecule has 0 fully saturated rings. The highest BCUT2D eigenvalue weighted by molar-refractivity contribution is 9.10. The van der Waals surface area contributed by atoms with Gasteiger partial charge in [-0.15, -0.1) is 0 Å². The van der Waals surface area contributed by atoms with Crippen LogP contribution in [0.3, 0.4) is 0 Å². The van der Waals surface area contributed by atoms with Crippen molar-refractivity contribution in [3.05, 3.63) is 63.6 Å². The van der Waals surface area contributed by atoms with E-state index in [0.717, 1.165) is 28.7 Å². The summed E-state index contributed by atoms with van der Waals surface area (Å²) in [5, 5.41) is 0.